The number of carbonyl (C=O) groups excluding carboxylic acids is 2. The Labute approximate surface area is 165 Å². The summed E-state index contributed by atoms with van der Waals surface area (Å²) < 4.78 is 6.67. The third-order valence-electron chi connectivity index (χ3n) is 3.83. The minimum Gasteiger partial charge on any atom is -0.457 e. The molecule has 0 heterocycles. The van der Waals surface area contributed by atoms with E-state index in [1.165, 1.54) is 0 Å². The van der Waals surface area contributed by atoms with Crippen LogP contribution in [0, 0.1) is 0 Å². The molecule has 2 amide bonds. The number of rotatable bonds is 6. The first-order chi connectivity index (χ1) is 13.0. The molecule has 3 N–H and O–H groups in total. The van der Waals surface area contributed by atoms with Gasteiger partial charge in [-0.15, -0.1) is 0 Å². The summed E-state index contributed by atoms with van der Waals surface area (Å²) in [4.78, 5) is 23.3. The second kappa shape index (κ2) is 8.51. The summed E-state index contributed by atoms with van der Waals surface area (Å²) in [6.45, 7) is 0.447. The smallest absolute Gasteiger partial charge is 0.251 e. The molecule has 0 aliphatic rings. The van der Waals surface area contributed by atoms with Gasteiger partial charge in [0.15, 0.2) is 0 Å². The number of carbonyl (C=O) groups is 2. The summed E-state index contributed by atoms with van der Waals surface area (Å²) in [6, 6.07) is 21.1. The van der Waals surface area contributed by atoms with Crippen LogP contribution in [0.15, 0.2) is 77.3 Å². The van der Waals surface area contributed by atoms with Crippen LogP contribution < -0.4 is 15.8 Å². The Morgan fingerprint density at radius 1 is 0.889 bits per heavy atom. The average Bonchev–Trinajstić information content (AvgIpc) is 2.67. The number of hydrogen-bond acceptors (Lipinski definition) is 3. The zero-order valence-electron chi connectivity index (χ0n) is 14.3. The summed E-state index contributed by atoms with van der Waals surface area (Å²) in [7, 11) is 0. The van der Waals surface area contributed by atoms with Crippen LogP contribution >= 0.6 is 15.9 Å². The van der Waals surface area contributed by atoms with E-state index in [0.717, 1.165) is 10.0 Å². The van der Waals surface area contributed by atoms with Crippen molar-refractivity contribution in [1.29, 1.82) is 0 Å². The van der Waals surface area contributed by atoms with Crippen molar-refractivity contribution in [3.8, 4) is 11.5 Å². The highest BCUT2D eigenvalue weighted by molar-refractivity contribution is 9.10. The molecule has 0 saturated heterocycles. The van der Waals surface area contributed by atoms with E-state index in [0.29, 0.717) is 29.2 Å². The fourth-order valence-electron chi connectivity index (χ4n) is 2.43. The highest BCUT2D eigenvalue weighted by Crippen LogP contribution is 2.22. The van der Waals surface area contributed by atoms with Crippen LogP contribution in [-0.4, -0.2) is 11.8 Å². The molecule has 0 spiro atoms. The molecule has 0 radical (unpaired) electrons. The first kappa shape index (κ1) is 18.7. The molecule has 0 aliphatic carbocycles. The number of hydrogen-bond donors (Lipinski definition) is 2. The lowest BCUT2D eigenvalue weighted by Gasteiger charge is -2.08. The number of ether oxygens (including phenoxy) is 1. The molecule has 0 fully saturated rings. The molecule has 5 nitrogen and oxygen atoms in total. The fraction of sp³-hybridized carbons (Fsp3) is 0.0476. The molecule has 27 heavy (non-hydrogen) atoms. The van der Waals surface area contributed by atoms with Gasteiger partial charge in [0.25, 0.3) is 5.91 Å². The maximum Gasteiger partial charge on any atom is 0.251 e. The van der Waals surface area contributed by atoms with Gasteiger partial charge >= 0.3 is 0 Å². The van der Waals surface area contributed by atoms with Gasteiger partial charge in [-0.2, -0.15) is 0 Å². The molecular formula is C21H17BrN2O3. The lowest BCUT2D eigenvalue weighted by Crippen LogP contribution is -2.22. The molecule has 0 aromatic heterocycles. The minimum atomic E-state index is -0.486. The SMILES string of the molecule is NC(=O)c1ccc(Oc2ccc(C(=O)NCc3cccc(Br)c3)cc2)cc1. The van der Waals surface area contributed by atoms with Crippen LogP contribution in [0.25, 0.3) is 0 Å². The molecular weight excluding hydrogens is 408 g/mol. The van der Waals surface area contributed by atoms with Gasteiger partial charge in [-0.1, -0.05) is 28.1 Å². The Balaban J connectivity index is 1.59. The molecule has 3 aromatic rings. The molecule has 0 aliphatic heterocycles. The third kappa shape index (κ3) is 5.18. The van der Waals surface area contributed by atoms with E-state index >= 15 is 0 Å². The zero-order chi connectivity index (χ0) is 19.2. The monoisotopic (exact) mass is 424 g/mol. The van der Waals surface area contributed by atoms with Crippen LogP contribution in [0.5, 0.6) is 11.5 Å². The van der Waals surface area contributed by atoms with Crippen LogP contribution in [0.4, 0.5) is 0 Å². The lowest BCUT2D eigenvalue weighted by molar-refractivity contribution is 0.0949. The quantitative estimate of drug-likeness (QED) is 0.619. The molecule has 136 valence electrons. The summed E-state index contributed by atoms with van der Waals surface area (Å²) in [5.74, 6) is 0.518. The normalized spacial score (nSPS) is 10.3. The van der Waals surface area contributed by atoms with E-state index < -0.39 is 5.91 Å². The summed E-state index contributed by atoms with van der Waals surface area (Å²) >= 11 is 3.41. The predicted octanol–water partition coefficient (Wildman–Crippen LogP) is 4.27. The number of nitrogens with two attached hydrogens (primary N) is 1. The maximum atomic E-state index is 12.3. The zero-order valence-corrected chi connectivity index (χ0v) is 15.9. The molecule has 6 heteroatoms. The Morgan fingerprint density at radius 2 is 1.48 bits per heavy atom. The van der Waals surface area contributed by atoms with Gasteiger partial charge in [0.2, 0.25) is 5.91 Å². The minimum absolute atomic E-state index is 0.160. The van der Waals surface area contributed by atoms with Crippen LogP contribution in [0.2, 0.25) is 0 Å². The topological polar surface area (TPSA) is 81.4 Å². The second-order valence-corrected chi connectivity index (χ2v) is 6.74. The predicted molar refractivity (Wildman–Crippen MR) is 107 cm³/mol. The van der Waals surface area contributed by atoms with Crippen LogP contribution in [-0.2, 0) is 6.54 Å². The molecule has 0 atom stereocenters. The van der Waals surface area contributed by atoms with E-state index in [4.69, 9.17) is 10.5 Å². The molecule has 0 saturated carbocycles. The van der Waals surface area contributed by atoms with Gasteiger partial charge in [-0.3, -0.25) is 9.59 Å². The summed E-state index contributed by atoms with van der Waals surface area (Å²) in [6.07, 6.45) is 0. The van der Waals surface area contributed by atoms with Crippen molar-refractivity contribution in [3.05, 3.63) is 94.0 Å². The van der Waals surface area contributed by atoms with Crippen molar-refractivity contribution in [2.75, 3.05) is 0 Å². The lowest BCUT2D eigenvalue weighted by atomic mass is 10.2. The van der Waals surface area contributed by atoms with Gasteiger partial charge < -0.3 is 15.8 Å². The fourth-order valence-corrected chi connectivity index (χ4v) is 2.88. The Bertz CT molecular complexity index is 954. The van der Waals surface area contributed by atoms with Crippen LogP contribution in [0.3, 0.4) is 0 Å². The van der Waals surface area contributed by atoms with Crippen molar-refractivity contribution >= 4 is 27.7 Å². The highest BCUT2D eigenvalue weighted by Gasteiger charge is 2.07. The average molecular weight is 425 g/mol. The van der Waals surface area contributed by atoms with Crippen molar-refractivity contribution in [2.24, 2.45) is 5.73 Å². The summed E-state index contributed by atoms with van der Waals surface area (Å²) in [5, 5.41) is 2.88. The number of benzene rings is 3. The van der Waals surface area contributed by atoms with Crippen molar-refractivity contribution in [3.63, 3.8) is 0 Å². The van der Waals surface area contributed by atoms with Gasteiger partial charge in [0.05, 0.1) is 0 Å². The first-order valence-electron chi connectivity index (χ1n) is 8.22. The summed E-state index contributed by atoms with van der Waals surface area (Å²) in [5.41, 5.74) is 7.18. The van der Waals surface area contributed by atoms with Crippen LogP contribution in [0.1, 0.15) is 26.3 Å². The molecule has 0 unspecified atom stereocenters. The molecule has 0 bridgehead atoms. The number of amides is 2. The van der Waals surface area contributed by atoms with Gasteiger partial charge in [0.1, 0.15) is 11.5 Å². The maximum absolute atomic E-state index is 12.3. The Kier molecular flexibility index (Phi) is 5.88. The number of nitrogens with one attached hydrogen (secondary N) is 1. The number of primary amides is 1. The number of halogens is 1. The van der Waals surface area contributed by atoms with E-state index in [2.05, 4.69) is 21.2 Å². The first-order valence-corrected chi connectivity index (χ1v) is 9.01. The van der Waals surface area contributed by atoms with Crippen molar-refractivity contribution < 1.29 is 14.3 Å². The largest absolute Gasteiger partial charge is 0.457 e. The Morgan fingerprint density at radius 3 is 2.04 bits per heavy atom. The third-order valence-corrected chi connectivity index (χ3v) is 4.33. The Hall–Kier alpha value is -3.12. The van der Waals surface area contributed by atoms with E-state index in [-0.39, 0.29) is 5.91 Å². The van der Waals surface area contributed by atoms with Gasteiger partial charge in [0, 0.05) is 22.1 Å². The molecule has 3 rings (SSSR count). The van der Waals surface area contributed by atoms with Crippen molar-refractivity contribution in [2.45, 2.75) is 6.54 Å². The highest BCUT2D eigenvalue weighted by atomic mass is 79.9. The van der Waals surface area contributed by atoms with Crippen molar-refractivity contribution in [1.82, 2.24) is 5.32 Å². The second-order valence-electron chi connectivity index (χ2n) is 5.83. The van der Waals surface area contributed by atoms with E-state index in [1.54, 1.807) is 48.5 Å². The van der Waals surface area contributed by atoms with Gasteiger partial charge in [-0.25, -0.2) is 0 Å². The van der Waals surface area contributed by atoms with Gasteiger partial charge in [-0.05, 0) is 66.2 Å². The molecule has 3 aromatic carbocycles. The standard InChI is InChI=1S/C21H17BrN2O3/c22-17-3-1-2-14(12-17)13-24-21(26)16-6-10-19(11-7-16)27-18-8-4-15(5-9-18)20(23)25/h1-12H,13H2,(H2,23,25)(H,24,26). The van der Waals surface area contributed by atoms with E-state index in [1.807, 2.05) is 24.3 Å². The van der Waals surface area contributed by atoms with E-state index in [9.17, 15) is 9.59 Å².